The van der Waals surface area contributed by atoms with Gasteiger partial charge in [-0.25, -0.2) is 4.79 Å². The molecule has 3 rings (SSSR count). The summed E-state index contributed by atoms with van der Waals surface area (Å²) in [6.45, 7) is 1.93. The first-order chi connectivity index (χ1) is 10.6. The van der Waals surface area contributed by atoms with Gasteiger partial charge in [-0.15, -0.1) is 0 Å². The molecule has 1 aliphatic rings. The van der Waals surface area contributed by atoms with E-state index in [1.54, 1.807) is 31.3 Å². The van der Waals surface area contributed by atoms with Crippen LogP contribution in [0.15, 0.2) is 42.1 Å². The highest BCUT2D eigenvalue weighted by atomic mass is 35.5. The number of nitrogens with one attached hydrogen (secondary N) is 1. The van der Waals surface area contributed by atoms with Crippen LogP contribution >= 0.6 is 11.6 Å². The number of hydrogen-bond donors (Lipinski definition) is 1. The molecule has 0 saturated heterocycles. The Morgan fingerprint density at radius 3 is 2.82 bits per heavy atom. The van der Waals surface area contributed by atoms with Crippen LogP contribution in [0.2, 0.25) is 5.02 Å². The molecule has 0 saturated carbocycles. The van der Waals surface area contributed by atoms with Crippen molar-refractivity contribution in [3.63, 3.8) is 0 Å². The number of hydrogen-bond acceptors (Lipinski definition) is 3. The molecule has 0 radical (unpaired) electrons. The summed E-state index contributed by atoms with van der Waals surface area (Å²) in [4.78, 5) is 28.1. The third-order valence-corrected chi connectivity index (χ3v) is 4.00. The molecule has 0 amide bonds. The van der Waals surface area contributed by atoms with Gasteiger partial charge in [-0.05, 0) is 36.3 Å². The Balaban J connectivity index is 2.19. The van der Waals surface area contributed by atoms with Gasteiger partial charge in [-0.3, -0.25) is 4.79 Å². The maximum absolute atomic E-state index is 12.8. The van der Waals surface area contributed by atoms with Crippen molar-refractivity contribution >= 4 is 28.9 Å². The molecule has 1 aliphatic carbocycles. The SMILES string of the molecule is CCOC(=O)C1=C(c2ccc[nH]2)Cc2c(Cl)cccc2C1=O. The van der Waals surface area contributed by atoms with E-state index in [1.165, 1.54) is 0 Å². The molecule has 0 spiro atoms. The topological polar surface area (TPSA) is 59.2 Å². The van der Waals surface area contributed by atoms with Crippen LogP contribution in [0.4, 0.5) is 0 Å². The zero-order valence-electron chi connectivity index (χ0n) is 12.0. The second kappa shape index (κ2) is 5.81. The predicted octanol–water partition coefficient (Wildman–Crippen LogP) is 3.42. The van der Waals surface area contributed by atoms with Crippen molar-refractivity contribution < 1.29 is 14.3 Å². The van der Waals surface area contributed by atoms with E-state index < -0.39 is 5.97 Å². The van der Waals surface area contributed by atoms with Gasteiger partial charge in [0.05, 0.1) is 6.61 Å². The van der Waals surface area contributed by atoms with E-state index >= 15 is 0 Å². The van der Waals surface area contributed by atoms with Crippen LogP contribution in [0.3, 0.4) is 0 Å². The number of carbonyl (C=O) groups excluding carboxylic acids is 2. The average Bonchev–Trinajstić information content (AvgIpc) is 3.02. The minimum Gasteiger partial charge on any atom is -0.462 e. The lowest BCUT2D eigenvalue weighted by Gasteiger charge is -2.21. The van der Waals surface area contributed by atoms with Crippen LogP contribution in [-0.4, -0.2) is 23.3 Å². The number of esters is 1. The Morgan fingerprint density at radius 1 is 1.32 bits per heavy atom. The van der Waals surface area contributed by atoms with Gasteiger partial charge < -0.3 is 9.72 Å². The van der Waals surface area contributed by atoms with Gasteiger partial charge >= 0.3 is 5.97 Å². The van der Waals surface area contributed by atoms with Gasteiger partial charge in [-0.1, -0.05) is 23.7 Å². The molecule has 1 heterocycles. The predicted molar refractivity (Wildman–Crippen MR) is 83.8 cm³/mol. The van der Waals surface area contributed by atoms with Crippen LogP contribution in [0, 0.1) is 0 Å². The highest BCUT2D eigenvalue weighted by Crippen LogP contribution is 2.35. The third-order valence-electron chi connectivity index (χ3n) is 3.65. The van der Waals surface area contributed by atoms with Crippen LogP contribution in [0.1, 0.15) is 28.5 Å². The van der Waals surface area contributed by atoms with Gasteiger partial charge in [-0.2, -0.15) is 0 Å². The van der Waals surface area contributed by atoms with Crippen LogP contribution < -0.4 is 0 Å². The van der Waals surface area contributed by atoms with Gasteiger partial charge in [0.25, 0.3) is 0 Å². The number of rotatable bonds is 3. The molecule has 0 bridgehead atoms. The van der Waals surface area contributed by atoms with Crippen LogP contribution in [-0.2, 0) is 16.0 Å². The monoisotopic (exact) mass is 315 g/mol. The number of fused-ring (bicyclic) bond motifs is 1. The average molecular weight is 316 g/mol. The highest BCUT2D eigenvalue weighted by Gasteiger charge is 2.33. The van der Waals surface area contributed by atoms with E-state index in [-0.39, 0.29) is 18.0 Å². The molecule has 112 valence electrons. The Labute approximate surface area is 132 Å². The van der Waals surface area contributed by atoms with Gasteiger partial charge in [0, 0.05) is 28.9 Å². The number of ketones is 1. The minimum atomic E-state index is -0.595. The van der Waals surface area contributed by atoms with Gasteiger partial charge in [0.1, 0.15) is 5.57 Å². The van der Waals surface area contributed by atoms with E-state index in [0.29, 0.717) is 22.6 Å². The fraction of sp³-hybridized carbons (Fsp3) is 0.176. The lowest BCUT2D eigenvalue weighted by atomic mass is 9.83. The number of allylic oxidation sites excluding steroid dienone is 1. The molecule has 4 nitrogen and oxygen atoms in total. The molecule has 1 N–H and O–H groups in total. The van der Waals surface area contributed by atoms with Gasteiger partial charge in [0.15, 0.2) is 0 Å². The molecule has 0 fully saturated rings. The Morgan fingerprint density at radius 2 is 2.14 bits per heavy atom. The normalized spacial score (nSPS) is 14.0. The van der Waals surface area contributed by atoms with Crippen molar-refractivity contribution in [2.75, 3.05) is 6.61 Å². The second-order valence-electron chi connectivity index (χ2n) is 4.93. The summed E-state index contributed by atoms with van der Waals surface area (Å²) in [5.74, 6) is -0.936. The van der Waals surface area contributed by atoms with Crippen LogP contribution in [0.25, 0.3) is 5.57 Å². The number of carbonyl (C=O) groups is 2. The molecule has 0 atom stereocenters. The smallest absolute Gasteiger partial charge is 0.342 e. The number of aromatic nitrogens is 1. The second-order valence-corrected chi connectivity index (χ2v) is 5.34. The minimum absolute atomic E-state index is 0.0825. The van der Waals surface area contributed by atoms with Crippen molar-refractivity contribution in [3.8, 4) is 0 Å². The quantitative estimate of drug-likeness (QED) is 0.697. The zero-order valence-corrected chi connectivity index (χ0v) is 12.7. The van der Waals surface area contributed by atoms with Crippen LogP contribution in [0.5, 0.6) is 0 Å². The van der Waals surface area contributed by atoms with E-state index in [9.17, 15) is 9.59 Å². The highest BCUT2D eigenvalue weighted by molar-refractivity contribution is 6.35. The molecular formula is C17H14ClNO3. The van der Waals surface area contributed by atoms with Crippen molar-refractivity contribution in [1.29, 1.82) is 0 Å². The summed E-state index contributed by atoms with van der Waals surface area (Å²) in [5, 5.41) is 0.526. The fourth-order valence-electron chi connectivity index (χ4n) is 2.66. The van der Waals surface area contributed by atoms with Crippen molar-refractivity contribution in [3.05, 3.63) is 63.9 Å². The number of halogens is 1. The number of aromatic amines is 1. The first-order valence-electron chi connectivity index (χ1n) is 6.99. The molecule has 22 heavy (non-hydrogen) atoms. The summed E-state index contributed by atoms with van der Waals surface area (Å²) in [6.07, 6.45) is 2.16. The van der Waals surface area contributed by atoms with Gasteiger partial charge in [0.2, 0.25) is 5.78 Å². The zero-order chi connectivity index (χ0) is 15.7. The van der Waals surface area contributed by atoms with Crippen molar-refractivity contribution in [1.82, 2.24) is 4.98 Å². The maximum Gasteiger partial charge on any atom is 0.342 e. The summed E-state index contributed by atoms with van der Waals surface area (Å²) < 4.78 is 5.06. The van der Waals surface area contributed by atoms with E-state index in [2.05, 4.69) is 4.98 Å². The third kappa shape index (κ3) is 2.35. The molecule has 5 heteroatoms. The molecule has 0 aliphatic heterocycles. The first-order valence-corrected chi connectivity index (χ1v) is 7.37. The molecule has 0 unspecified atom stereocenters. The summed E-state index contributed by atoms with van der Waals surface area (Å²) in [7, 11) is 0. The number of H-pyrrole nitrogens is 1. The lowest BCUT2D eigenvalue weighted by molar-refractivity contribution is -0.138. The molecule has 1 aromatic heterocycles. The number of ether oxygens (including phenoxy) is 1. The standard InChI is InChI=1S/C17H14ClNO3/c1-2-22-17(21)15-12(14-7-4-8-19-14)9-11-10(16(15)20)5-3-6-13(11)18/h3-8,19H,2,9H2,1H3. The van der Waals surface area contributed by atoms with E-state index in [4.69, 9.17) is 16.3 Å². The Bertz CT molecular complexity index is 775. The van der Waals surface area contributed by atoms with Crippen molar-refractivity contribution in [2.24, 2.45) is 0 Å². The molecule has 2 aromatic rings. The fourth-order valence-corrected chi connectivity index (χ4v) is 2.90. The summed E-state index contributed by atoms with van der Waals surface area (Å²) in [6, 6.07) is 8.78. The van der Waals surface area contributed by atoms with E-state index in [0.717, 1.165) is 11.3 Å². The van der Waals surface area contributed by atoms with Crippen molar-refractivity contribution in [2.45, 2.75) is 13.3 Å². The summed E-state index contributed by atoms with van der Waals surface area (Å²) >= 11 is 6.22. The largest absolute Gasteiger partial charge is 0.462 e. The number of Topliss-reactive ketones (excluding diaryl/α,β-unsaturated/α-hetero) is 1. The summed E-state index contributed by atoms with van der Waals surface area (Å²) in [5.41, 5.74) is 2.63. The first kappa shape index (κ1) is 14.6. The molecule has 1 aromatic carbocycles. The maximum atomic E-state index is 12.8. The van der Waals surface area contributed by atoms with E-state index in [1.807, 2.05) is 12.1 Å². The molecular weight excluding hydrogens is 302 g/mol. The Hall–Kier alpha value is -2.33. The number of benzene rings is 1. The Kier molecular flexibility index (Phi) is 3.86. The lowest BCUT2D eigenvalue weighted by Crippen LogP contribution is -2.24.